The molecule has 2 rings (SSSR count). The molecule has 2 amide bonds. The second-order valence-corrected chi connectivity index (χ2v) is 5.24. The fourth-order valence-corrected chi connectivity index (χ4v) is 2.09. The molecule has 23 heavy (non-hydrogen) atoms. The summed E-state index contributed by atoms with van der Waals surface area (Å²) in [5.74, 6) is -3.34. The third kappa shape index (κ3) is 4.35. The van der Waals surface area contributed by atoms with E-state index in [2.05, 4.69) is 5.32 Å². The Morgan fingerprint density at radius 1 is 1.13 bits per heavy atom. The van der Waals surface area contributed by atoms with Crippen LogP contribution in [0.25, 0.3) is 0 Å². The van der Waals surface area contributed by atoms with Crippen LogP contribution in [0, 0.1) is 18.6 Å². The zero-order valence-corrected chi connectivity index (χ0v) is 12.5. The van der Waals surface area contributed by atoms with Crippen molar-refractivity contribution in [3.63, 3.8) is 0 Å². The number of hydrogen-bond donors (Lipinski definition) is 2. The van der Waals surface area contributed by atoms with E-state index in [4.69, 9.17) is 5.73 Å². The van der Waals surface area contributed by atoms with Crippen molar-refractivity contribution >= 4 is 11.8 Å². The van der Waals surface area contributed by atoms with Gasteiger partial charge in [0.1, 0.15) is 17.7 Å². The largest absolute Gasteiger partial charge is 0.368 e. The Morgan fingerprint density at radius 3 is 2.35 bits per heavy atom. The molecular formula is C17H16F2N2O2. The monoisotopic (exact) mass is 318 g/mol. The number of halogens is 2. The van der Waals surface area contributed by atoms with Crippen LogP contribution in [0.5, 0.6) is 0 Å². The highest BCUT2D eigenvalue weighted by atomic mass is 19.1. The van der Waals surface area contributed by atoms with E-state index < -0.39 is 29.5 Å². The average Bonchev–Trinajstić information content (AvgIpc) is 2.48. The van der Waals surface area contributed by atoms with Gasteiger partial charge in [-0.25, -0.2) is 8.78 Å². The molecule has 0 bridgehead atoms. The fraction of sp³-hybridized carbons (Fsp3) is 0.176. The summed E-state index contributed by atoms with van der Waals surface area (Å²) in [7, 11) is 0. The van der Waals surface area contributed by atoms with Gasteiger partial charge in [0.25, 0.3) is 5.91 Å². The Bertz CT molecular complexity index is 730. The van der Waals surface area contributed by atoms with Crippen molar-refractivity contribution in [2.24, 2.45) is 5.73 Å². The molecule has 0 radical (unpaired) electrons. The number of carbonyl (C=O) groups excluding carboxylic acids is 2. The van der Waals surface area contributed by atoms with E-state index in [0.717, 1.165) is 23.3 Å². The van der Waals surface area contributed by atoms with Crippen LogP contribution in [0.4, 0.5) is 8.78 Å². The third-order valence-electron chi connectivity index (χ3n) is 3.38. The van der Waals surface area contributed by atoms with Gasteiger partial charge in [0.05, 0.1) is 5.56 Å². The predicted molar refractivity (Wildman–Crippen MR) is 81.7 cm³/mol. The first-order valence-corrected chi connectivity index (χ1v) is 6.97. The van der Waals surface area contributed by atoms with Gasteiger partial charge in [-0.2, -0.15) is 0 Å². The number of aryl methyl sites for hydroxylation is 1. The van der Waals surface area contributed by atoms with Gasteiger partial charge < -0.3 is 11.1 Å². The highest BCUT2D eigenvalue weighted by Crippen LogP contribution is 2.11. The van der Waals surface area contributed by atoms with Crippen LogP contribution in [-0.4, -0.2) is 17.9 Å². The summed E-state index contributed by atoms with van der Waals surface area (Å²) in [6, 6.07) is 8.97. The Morgan fingerprint density at radius 2 is 1.78 bits per heavy atom. The second-order valence-electron chi connectivity index (χ2n) is 5.24. The Labute approximate surface area is 132 Å². The van der Waals surface area contributed by atoms with Crippen molar-refractivity contribution in [1.82, 2.24) is 5.32 Å². The molecule has 2 aromatic carbocycles. The van der Waals surface area contributed by atoms with Crippen LogP contribution >= 0.6 is 0 Å². The molecule has 0 saturated carbocycles. The maximum atomic E-state index is 13.6. The van der Waals surface area contributed by atoms with Crippen molar-refractivity contribution < 1.29 is 18.4 Å². The minimum absolute atomic E-state index is 0.185. The summed E-state index contributed by atoms with van der Waals surface area (Å²) < 4.78 is 26.5. The van der Waals surface area contributed by atoms with Crippen LogP contribution in [-0.2, 0) is 11.2 Å². The first-order valence-electron chi connectivity index (χ1n) is 6.97. The maximum Gasteiger partial charge on any atom is 0.254 e. The molecule has 2 aromatic rings. The van der Waals surface area contributed by atoms with Gasteiger partial charge in [-0.05, 0) is 24.6 Å². The average molecular weight is 318 g/mol. The summed E-state index contributed by atoms with van der Waals surface area (Å²) in [5, 5.41) is 2.38. The number of rotatable bonds is 5. The van der Waals surface area contributed by atoms with Crippen LogP contribution in [0.15, 0.2) is 42.5 Å². The molecule has 0 unspecified atom stereocenters. The molecule has 0 saturated heterocycles. The van der Waals surface area contributed by atoms with Gasteiger partial charge in [-0.1, -0.05) is 29.8 Å². The van der Waals surface area contributed by atoms with E-state index >= 15 is 0 Å². The van der Waals surface area contributed by atoms with E-state index in [0.29, 0.717) is 6.07 Å². The van der Waals surface area contributed by atoms with E-state index in [1.165, 1.54) is 0 Å². The normalized spacial score (nSPS) is 11.8. The molecule has 0 aromatic heterocycles. The summed E-state index contributed by atoms with van der Waals surface area (Å²) >= 11 is 0. The van der Waals surface area contributed by atoms with Crippen molar-refractivity contribution in [2.45, 2.75) is 19.4 Å². The molecule has 0 aliphatic rings. The lowest BCUT2D eigenvalue weighted by Crippen LogP contribution is -2.46. The molecular weight excluding hydrogens is 302 g/mol. The summed E-state index contributed by atoms with van der Waals surface area (Å²) in [6.07, 6.45) is 0.185. The summed E-state index contributed by atoms with van der Waals surface area (Å²) in [6.45, 7) is 1.93. The molecule has 4 nitrogen and oxygen atoms in total. The third-order valence-corrected chi connectivity index (χ3v) is 3.38. The Hall–Kier alpha value is -2.76. The van der Waals surface area contributed by atoms with Gasteiger partial charge in [-0.15, -0.1) is 0 Å². The minimum Gasteiger partial charge on any atom is -0.368 e. The Balaban J connectivity index is 2.14. The van der Waals surface area contributed by atoms with Crippen LogP contribution in [0.3, 0.4) is 0 Å². The predicted octanol–water partition coefficient (Wildman–Crippen LogP) is 2.10. The number of benzene rings is 2. The first-order chi connectivity index (χ1) is 10.9. The standard InChI is InChI=1S/C17H16F2N2O2/c1-10-2-4-11(5-3-10)8-15(16(20)22)21-17(23)13-7-6-12(18)9-14(13)19/h2-7,9,15H,8H2,1H3,(H2,20,22)(H,21,23)/t15-/m0/s1. The molecule has 6 heteroatoms. The van der Waals surface area contributed by atoms with Gasteiger partial charge >= 0.3 is 0 Å². The molecule has 0 heterocycles. The quantitative estimate of drug-likeness (QED) is 0.886. The number of nitrogens with one attached hydrogen (secondary N) is 1. The lowest BCUT2D eigenvalue weighted by Gasteiger charge is -2.16. The van der Waals surface area contributed by atoms with E-state index in [-0.39, 0.29) is 12.0 Å². The van der Waals surface area contributed by atoms with Crippen LogP contribution in [0.1, 0.15) is 21.5 Å². The number of primary amides is 1. The maximum absolute atomic E-state index is 13.6. The zero-order chi connectivity index (χ0) is 17.0. The lowest BCUT2D eigenvalue weighted by molar-refractivity contribution is -0.119. The first kappa shape index (κ1) is 16.6. The number of amides is 2. The van der Waals surface area contributed by atoms with Crippen LogP contribution in [0.2, 0.25) is 0 Å². The molecule has 0 fully saturated rings. The molecule has 0 aliphatic heterocycles. The van der Waals surface area contributed by atoms with E-state index in [9.17, 15) is 18.4 Å². The summed E-state index contributed by atoms with van der Waals surface area (Å²) in [5.41, 5.74) is 6.81. The van der Waals surface area contributed by atoms with Crippen LogP contribution < -0.4 is 11.1 Å². The van der Waals surface area contributed by atoms with Crippen molar-refractivity contribution in [3.8, 4) is 0 Å². The van der Waals surface area contributed by atoms with Crippen molar-refractivity contribution in [3.05, 3.63) is 70.8 Å². The fourth-order valence-electron chi connectivity index (χ4n) is 2.09. The van der Waals surface area contributed by atoms with Gasteiger partial charge in [0.2, 0.25) is 5.91 Å². The zero-order valence-electron chi connectivity index (χ0n) is 12.5. The van der Waals surface area contributed by atoms with Gasteiger partial charge in [0, 0.05) is 12.5 Å². The van der Waals surface area contributed by atoms with Gasteiger partial charge in [0.15, 0.2) is 0 Å². The smallest absolute Gasteiger partial charge is 0.254 e. The Kier molecular flexibility index (Phi) is 5.05. The number of nitrogens with two attached hydrogens (primary N) is 1. The highest BCUT2D eigenvalue weighted by molar-refractivity contribution is 5.97. The number of hydrogen-bond acceptors (Lipinski definition) is 2. The minimum atomic E-state index is -0.999. The molecule has 0 aliphatic carbocycles. The van der Waals surface area contributed by atoms with Crippen molar-refractivity contribution in [2.75, 3.05) is 0 Å². The summed E-state index contributed by atoms with van der Waals surface area (Å²) in [4.78, 5) is 23.6. The lowest BCUT2D eigenvalue weighted by atomic mass is 10.0. The topological polar surface area (TPSA) is 72.2 Å². The van der Waals surface area contributed by atoms with E-state index in [1.54, 1.807) is 0 Å². The molecule has 120 valence electrons. The van der Waals surface area contributed by atoms with Gasteiger partial charge in [-0.3, -0.25) is 9.59 Å². The number of carbonyl (C=O) groups is 2. The highest BCUT2D eigenvalue weighted by Gasteiger charge is 2.21. The van der Waals surface area contributed by atoms with Crippen molar-refractivity contribution in [1.29, 1.82) is 0 Å². The molecule has 0 spiro atoms. The molecule has 1 atom stereocenters. The molecule has 3 N–H and O–H groups in total. The van der Waals surface area contributed by atoms with E-state index in [1.807, 2.05) is 31.2 Å². The second kappa shape index (κ2) is 7.00. The SMILES string of the molecule is Cc1ccc(C[C@H](NC(=O)c2ccc(F)cc2F)C(N)=O)cc1.